The molecule has 1 aliphatic rings. The topological polar surface area (TPSA) is 69.7 Å². The Bertz CT molecular complexity index is 928. The van der Waals surface area contributed by atoms with E-state index < -0.39 is 10.2 Å². The molecule has 1 N–H and O–H groups in total. The SMILES string of the molecule is Cc1cccc(NC(=O)CN2CCCN(Cc3ccccc3C)S2(=O)=O)c1. The summed E-state index contributed by atoms with van der Waals surface area (Å²) in [6.45, 7) is 4.87. The fourth-order valence-corrected chi connectivity index (χ4v) is 4.83. The van der Waals surface area contributed by atoms with E-state index in [-0.39, 0.29) is 12.5 Å². The monoisotopic (exact) mass is 387 g/mol. The van der Waals surface area contributed by atoms with Crippen molar-refractivity contribution in [3.8, 4) is 0 Å². The molecular weight excluding hydrogens is 362 g/mol. The first-order valence-corrected chi connectivity index (χ1v) is 10.4. The molecule has 27 heavy (non-hydrogen) atoms. The largest absolute Gasteiger partial charge is 0.325 e. The van der Waals surface area contributed by atoms with Gasteiger partial charge in [0.2, 0.25) is 5.91 Å². The van der Waals surface area contributed by atoms with Gasteiger partial charge < -0.3 is 5.32 Å². The normalized spacial score (nSPS) is 17.6. The van der Waals surface area contributed by atoms with E-state index in [4.69, 9.17) is 0 Å². The van der Waals surface area contributed by atoms with Crippen LogP contribution in [0.15, 0.2) is 48.5 Å². The van der Waals surface area contributed by atoms with Crippen molar-refractivity contribution in [3.63, 3.8) is 0 Å². The number of nitrogens with zero attached hydrogens (tertiary/aromatic N) is 2. The number of benzene rings is 2. The van der Waals surface area contributed by atoms with Crippen LogP contribution in [0.5, 0.6) is 0 Å². The van der Waals surface area contributed by atoms with Gasteiger partial charge in [-0.2, -0.15) is 17.0 Å². The highest BCUT2D eigenvalue weighted by atomic mass is 32.2. The highest BCUT2D eigenvalue weighted by molar-refractivity contribution is 7.86. The fourth-order valence-electron chi connectivity index (χ4n) is 3.20. The van der Waals surface area contributed by atoms with Crippen molar-refractivity contribution >= 4 is 21.8 Å². The van der Waals surface area contributed by atoms with E-state index in [1.165, 1.54) is 8.61 Å². The molecule has 0 aliphatic carbocycles. The maximum absolute atomic E-state index is 12.9. The number of hydrogen-bond acceptors (Lipinski definition) is 3. The molecule has 0 unspecified atom stereocenters. The van der Waals surface area contributed by atoms with Crippen LogP contribution < -0.4 is 5.32 Å². The van der Waals surface area contributed by atoms with Crippen LogP contribution in [0, 0.1) is 13.8 Å². The summed E-state index contributed by atoms with van der Waals surface area (Å²) in [7, 11) is -3.67. The molecule has 1 amide bonds. The predicted molar refractivity (Wildman–Crippen MR) is 107 cm³/mol. The summed E-state index contributed by atoms with van der Waals surface area (Å²) in [5.41, 5.74) is 3.74. The van der Waals surface area contributed by atoms with Crippen molar-refractivity contribution in [2.75, 3.05) is 25.0 Å². The second kappa shape index (κ2) is 8.21. The number of anilines is 1. The Labute approximate surface area is 161 Å². The van der Waals surface area contributed by atoms with E-state index >= 15 is 0 Å². The Balaban J connectivity index is 1.68. The number of rotatable bonds is 5. The minimum atomic E-state index is -3.67. The molecule has 0 bridgehead atoms. The van der Waals surface area contributed by atoms with Gasteiger partial charge in [0, 0.05) is 25.3 Å². The molecule has 2 aromatic rings. The van der Waals surface area contributed by atoms with E-state index in [9.17, 15) is 13.2 Å². The standard InChI is InChI=1S/C20H25N3O3S/c1-16-7-5-10-19(13-16)21-20(24)15-23-12-6-11-22(27(23,25)26)14-18-9-4-3-8-17(18)2/h3-5,7-10,13H,6,11-12,14-15H2,1-2H3,(H,21,24). The number of nitrogens with one attached hydrogen (secondary N) is 1. The maximum atomic E-state index is 12.9. The molecule has 1 heterocycles. The summed E-state index contributed by atoms with van der Waals surface area (Å²) in [4.78, 5) is 12.4. The molecule has 1 fully saturated rings. The first-order valence-electron chi connectivity index (χ1n) is 9.02. The van der Waals surface area contributed by atoms with Crippen LogP contribution in [0.1, 0.15) is 23.1 Å². The Morgan fingerprint density at radius 3 is 2.52 bits per heavy atom. The minimum Gasteiger partial charge on any atom is -0.325 e. The molecule has 0 atom stereocenters. The molecule has 0 spiro atoms. The third-order valence-electron chi connectivity index (χ3n) is 4.70. The lowest BCUT2D eigenvalue weighted by molar-refractivity contribution is -0.116. The van der Waals surface area contributed by atoms with Crippen molar-refractivity contribution in [1.82, 2.24) is 8.61 Å². The zero-order valence-corrected chi connectivity index (χ0v) is 16.5. The lowest BCUT2D eigenvalue weighted by Crippen LogP contribution is -2.51. The Hall–Kier alpha value is -2.22. The summed E-state index contributed by atoms with van der Waals surface area (Å²) in [6, 6.07) is 15.2. The van der Waals surface area contributed by atoms with Crippen molar-refractivity contribution in [2.24, 2.45) is 0 Å². The van der Waals surface area contributed by atoms with Crippen LogP contribution in [0.2, 0.25) is 0 Å². The number of carbonyl (C=O) groups is 1. The summed E-state index contributed by atoms with van der Waals surface area (Å²) in [5, 5.41) is 2.78. The van der Waals surface area contributed by atoms with Crippen LogP contribution in [0.4, 0.5) is 5.69 Å². The summed E-state index contributed by atoms with van der Waals surface area (Å²) < 4.78 is 28.6. The van der Waals surface area contributed by atoms with Gasteiger partial charge in [0.15, 0.2) is 0 Å². The smallest absolute Gasteiger partial charge is 0.282 e. The van der Waals surface area contributed by atoms with Crippen LogP contribution in [-0.2, 0) is 21.5 Å². The van der Waals surface area contributed by atoms with Gasteiger partial charge in [0.25, 0.3) is 10.2 Å². The summed E-state index contributed by atoms with van der Waals surface area (Å²) in [6.07, 6.45) is 0.697. The van der Waals surface area contributed by atoms with Gasteiger partial charge >= 0.3 is 0 Å². The zero-order valence-electron chi connectivity index (χ0n) is 15.7. The molecule has 0 saturated carbocycles. The van der Waals surface area contributed by atoms with E-state index in [1.807, 2.05) is 56.3 Å². The summed E-state index contributed by atoms with van der Waals surface area (Å²) >= 11 is 0. The number of hydrogen-bond donors (Lipinski definition) is 1. The van der Waals surface area contributed by atoms with E-state index in [0.717, 1.165) is 16.7 Å². The third-order valence-corrected chi connectivity index (χ3v) is 6.63. The lowest BCUT2D eigenvalue weighted by Gasteiger charge is -2.34. The van der Waals surface area contributed by atoms with Crippen molar-refractivity contribution in [2.45, 2.75) is 26.8 Å². The lowest BCUT2D eigenvalue weighted by atomic mass is 10.1. The third kappa shape index (κ3) is 4.74. The van der Waals surface area contributed by atoms with E-state index in [2.05, 4.69) is 5.32 Å². The van der Waals surface area contributed by atoms with Gasteiger partial charge in [-0.25, -0.2) is 0 Å². The molecule has 0 aromatic heterocycles. The molecule has 2 aromatic carbocycles. The molecule has 3 rings (SSSR count). The average molecular weight is 388 g/mol. The molecule has 1 saturated heterocycles. The Kier molecular flexibility index (Phi) is 5.94. The minimum absolute atomic E-state index is 0.180. The van der Waals surface area contributed by atoms with Gasteiger partial charge in [0.1, 0.15) is 0 Å². The zero-order chi connectivity index (χ0) is 19.4. The van der Waals surface area contributed by atoms with E-state index in [1.54, 1.807) is 6.07 Å². The van der Waals surface area contributed by atoms with Gasteiger partial charge in [0.05, 0.1) is 6.54 Å². The average Bonchev–Trinajstić information content (AvgIpc) is 2.60. The van der Waals surface area contributed by atoms with E-state index in [0.29, 0.717) is 31.7 Å². The maximum Gasteiger partial charge on any atom is 0.282 e. The van der Waals surface area contributed by atoms with Gasteiger partial charge in [-0.3, -0.25) is 4.79 Å². The highest BCUT2D eigenvalue weighted by Crippen LogP contribution is 2.21. The van der Waals surface area contributed by atoms with Crippen molar-refractivity contribution in [3.05, 3.63) is 65.2 Å². The van der Waals surface area contributed by atoms with Gasteiger partial charge in [-0.15, -0.1) is 0 Å². The second-order valence-corrected chi connectivity index (χ2v) is 8.80. The highest BCUT2D eigenvalue weighted by Gasteiger charge is 2.34. The number of aryl methyl sites for hydroxylation is 2. The summed E-state index contributed by atoms with van der Waals surface area (Å²) in [5.74, 6) is -0.332. The van der Waals surface area contributed by atoms with Crippen LogP contribution >= 0.6 is 0 Å². The molecule has 7 heteroatoms. The molecular formula is C20H25N3O3S. The van der Waals surface area contributed by atoms with Gasteiger partial charge in [-0.05, 0) is 49.1 Å². The van der Waals surface area contributed by atoms with Crippen LogP contribution in [0.3, 0.4) is 0 Å². The first kappa shape index (κ1) is 19.5. The van der Waals surface area contributed by atoms with Crippen molar-refractivity contribution < 1.29 is 13.2 Å². The molecule has 6 nitrogen and oxygen atoms in total. The van der Waals surface area contributed by atoms with Crippen LogP contribution in [0.25, 0.3) is 0 Å². The molecule has 144 valence electrons. The Morgan fingerprint density at radius 1 is 1.04 bits per heavy atom. The van der Waals surface area contributed by atoms with Crippen LogP contribution in [-0.4, -0.2) is 42.6 Å². The Morgan fingerprint density at radius 2 is 1.78 bits per heavy atom. The fraction of sp³-hybridized carbons (Fsp3) is 0.350. The predicted octanol–water partition coefficient (Wildman–Crippen LogP) is 2.69. The molecule has 0 radical (unpaired) electrons. The van der Waals surface area contributed by atoms with Crippen molar-refractivity contribution in [1.29, 1.82) is 0 Å². The number of amides is 1. The molecule has 1 aliphatic heterocycles. The number of carbonyl (C=O) groups excluding carboxylic acids is 1. The second-order valence-electron chi connectivity index (χ2n) is 6.87. The first-order chi connectivity index (χ1) is 12.9. The van der Waals surface area contributed by atoms with Gasteiger partial charge in [-0.1, -0.05) is 36.4 Å². The quantitative estimate of drug-likeness (QED) is 0.858.